The van der Waals surface area contributed by atoms with Crippen LogP contribution in [0.2, 0.25) is 0 Å². The van der Waals surface area contributed by atoms with Gasteiger partial charge in [-0.2, -0.15) is 0 Å². The van der Waals surface area contributed by atoms with E-state index in [0.717, 1.165) is 70.4 Å². The van der Waals surface area contributed by atoms with Crippen molar-refractivity contribution in [3.63, 3.8) is 0 Å². The van der Waals surface area contributed by atoms with Gasteiger partial charge >= 0.3 is 0 Å². The lowest BCUT2D eigenvalue weighted by molar-refractivity contribution is -0.130. The van der Waals surface area contributed by atoms with Crippen molar-refractivity contribution in [3.05, 3.63) is 18.0 Å². The standard InChI is InChI=1S/C17H27N5O/c1-2-7-18-17-19-10-14(11-20-17)12-21-8-3-5-15(13-21)22-9-4-6-16(22)23/h10-11,15H,2-9,12-13H2,1H3,(H,18,19,20)/t15-/m1/s1. The summed E-state index contributed by atoms with van der Waals surface area (Å²) < 4.78 is 0. The fourth-order valence-corrected chi connectivity index (χ4v) is 3.51. The fourth-order valence-electron chi connectivity index (χ4n) is 3.51. The highest BCUT2D eigenvalue weighted by atomic mass is 16.2. The topological polar surface area (TPSA) is 61.4 Å². The quantitative estimate of drug-likeness (QED) is 0.868. The van der Waals surface area contributed by atoms with Crippen LogP contribution in [0.4, 0.5) is 5.95 Å². The zero-order valence-corrected chi connectivity index (χ0v) is 14.0. The molecule has 1 atom stereocenters. The Hall–Kier alpha value is -1.69. The molecule has 0 aliphatic carbocycles. The summed E-state index contributed by atoms with van der Waals surface area (Å²) in [5, 5.41) is 3.19. The van der Waals surface area contributed by atoms with E-state index in [-0.39, 0.29) is 0 Å². The highest BCUT2D eigenvalue weighted by molar-refractivity contribution is 5.78. The predicted octanol–water partition coefficient (Wildman–Crippen LogP) is 1.89. The average molecular weight is 317 g/mol. The zero-order valence-electron chi connectivity index (χ0n) is 14.0. The molecule has 3 heterocycles. The predicted molar refractivity (Wildman–Crippen MR) is 90.1 cm³/mol. The lowest BCUT2D eigenvalue weighted by Gasteiger charge is -2.37. The van der Waals surface area contributed by atoms with E-state index in [1.165, 1.54) is 0 Å². The SMILES string of the molecule is CCCNc1ncc(CN2CCC[C@@H](N3CCCC3=O)C2)cn1. The summed E-state index contributed by atoms with van der Waals surface area (Å²) in [5.74, 6) is 1.04. The molecule has 6 heteroatoms. The molecule has 23 heavy (non-hydrogen) atoms. The van der Waals surface area contributed by atoms with Gasteiger partial charge in [0, 0.05) is 56.6 Å². The normalized spacial score (nSPS) is 22.6. The van der Waals surface area contributed by atoms with Gasteiger partial charge in [0.05, 0.1) is 0 Å². The third-order valence-corrected chi connectivity index (χ3v) is 4.68. The number of carbonyl (C=O) groups excluding carboxylic acids is 1. The molecule has 3 rings (SSSR count). The van der Waals surface area contributed by atoms with Gasteiger partial charge in [-0.3, -0.25) is 9.69 Å². The molecule has 0 aromatic carbocycles. The summed E-state index contributed by atoms with van der Waals surface area (Å²) >= 11 is 0. The Labute approximate surface area is 138 Å². The van der Waals surface area contributed by atoms with E-state index in [1.807, 2.05) is 12.4 Å². The Morgan fingerprint density at radius 1 is 1.26 bits per heavy atom. The minimum atomic E-state index is 0.339. The third-order valence-electron chi connectivity index (χ3n) is 4.68. The number of nitrogens with one attached hydrogen (secondary N) is 1. The molecule has 1 aromatic heterocycles. The van der Waals surface area contributed by atoms with Crippen LogP contribution in [0.3, 0.4) is 0 Å². The number of nitrogens with zero attached hydrogens (tertiary/aromatic N) is 4. The number of likely N-dealkylation sites (tertiary alicyclic amines) is 2. The lowest BCUT2D eigenvalue weighted by atomic mass is 10.0. The van der Waals surface area contributed by atoms with Crippen LogP contribution >= 0.6 is 0 Å². The molecule has 1 amide bonds. The van der Waals surface area contributed by atoms with Crippen LogP contribution in [-0.4, -0.2) is 57.9 Å². The zero-order chi connectivity index (χ0) is 16.1. The van der Waals surface area contributed by atoms with E-state index in [4.69, 9.17) is 0 Å². The van der Waals surface area contributed by atoms with Gasteiger partial charge < -0.3 is 10.2 Å². The number of aromatic nitrogens is 2. The summed E-state index contributed by atoms with van der Waals surface area (Å²) in [7, 11) is 0. The van der Waals surface area contributed by atoms with Gasteiger partial charge in [0.25, 0.3) is 0 Å². The minimum absolute atomic E-state index is 0.339. The molecule has 0 saturated carbocycles. The minimum Gasteiger partial charge on any atom is -0.354 e. The average Bonchev–Trinajstić information content (AvgIpc) is 3.01. The Balaban J connectivity index is 1.54. The first-order valence-electron chi connectivity index (χ1n) is 8.83. The molecule has 2 fully saturated rings. The van der Waals surface area contributed by atoms with Crippen LogP contribution < -0.4 is 5.32 Å². The summed E-state index contributed by atoms with van der Waals surface area (Å²) in [6, 6.07) is 0.394. The van der Waals surface area contributed by atoms with Crippen molar-refractivity contribution in [2.45, 2.75) is 51.6 Å². The van der Waals surface area contributed by atoms with Crippen LogP contribution in [0.15, 0.2) is 12.4 Å². The van der Waals surface area contributed by atoms with Gasteiger partial charge in [-0.15, -0.1) is 0 Å². The maximum absolute atomic E-state index is 11.9. The maximum Gasteiger partial charge on any atom is 0.222 e. The third kappa shape index (κ3) is 4.19. The van der Waals surface area contributed by atoms with Crippen LogP contribution in [0.1, 0.15) is 44.6 Å². The van der Waals surface area contributed by atoms with Gasteiger partial charge in [-0.25, -0.2) is 9.97 Å². The molecule has 0 bridgehead atoms. The van der Waals surface area contributed by atoms with Crippen molar-refractivity contribution < 1.29 is 4.79 Å². The summed E-state index contributed by atoms with van der Waals surface area (Å²) in [4.78, 5) is 25.2. The van der Waals surface area contributed by atoms with Crippen molar-refractivity contribution in [1.29, 1.82) is 0 Å². The van der Waals surface area contributed by atoms with Gasteiger partial charge in [-0.05, 0) is 32.2 Å². The van der Waals surface area contributed by atoms with Gasteiger partial charge in [0.15, 0.2) is 0 Å². The molecule has 2 aliphatic heterocycles. The van der Waals surface area contributed by atoms with Crippen LogP contribution in [0.5, 0.6) is 0 Å². The number of carbonyl (C=O) groups is 1. The second kappa shape index (κ2) is 7.73. The first-order valence-corrected chi connectivity index (χ1v) is 8.83. The smallest absolute Gasteiger partial charge is 0.222 e. The number of hydrogen-bond donors (Lipinski definition) is 1. The molecule has 0 radical (unpaired) electrons. The van der Waals surface area contributed by atoms with Crippen LogP contribution in [0, 0.1) is 0 Å². The van der Waals surface area contributed by atoms with Crippen molar-refractivity contribution >= 4 is 11.9 Å². The van der Waals surface area contributed by atoms with E-state index in [1.54, 1.807) is 0 Å². The van der Waals surface area contributed by atoms with E-state index < -0.39 is 0 Å². The highest BCUT2D eigenvalue weighted by Crippen LogP contribution is 2.22. The molecule has 0 unspecified atom stereocenters. The van der Waals surface area contributed by atoms with Gasteiger partial charge in [0.2, 0.25) is 11.9 Å². The molecular weight excluding hydrogens is 290 g/mol. The van der Waals surface area contributed by atoms with E-state index >= 15 is 0 Å². The van der Waals surface area contributed by atoms with Crippen LogP contribution in [-0.2, 0) is 11.3 Å². The van der Waals surface area contributed by atoms with Crippen LogP contribution in [0.25, 0.3) is 0 Å². The van der Waals surface area contributed by atoms with Gasteiger partial charge in [-0.1, -0.05) is 6.92 Å². The van der Waals surface area contributed by atoms with E-state index in [0.29, 0.717) is 17.9 Å². The Morgan fingerprint density at radius 3 is 2.78 bits per heavy atom. The van der Waals surface area contributed by atoms with Crippen molar-refractivity contribution in [1.82, 2.24) is 19.8 Å². The summed E-state index contributed by atoms with van der Waals surface area (Å²) in [5.41, 5.74) is 1.14. The Kier molecular flexibility index (Phi) is 5.43. The lowest BCUT2D eigenvalue weighted by Crippen LogP contribution is -2.48. The Bertz CT molecular complexity index is 518. The summed E-state index contributed by atoms with van der Waals surface area (Å²) in [6.45, 7) is 6.90. The van der Waals surface area contributed by atoms with Crippen molar-refractivity contribution in [2.24, 2.45) is 0 Å². The number of amides is 1. The number of anilines is 1. The highest BCUT2D eigenvalue weighted by Gasteiger charge is 2.31. The molecule has 1 aromatic rings. The second-order valence-electron chi connectivity index (χ2n) is 6.56. The molecule has 2 aliphatic rings. The van der Waals surface area contributed by atoms with E-state index in [2.05, 4.69) is 32.0 Å². The maximum atomic E-state index is 11.9. The largest absolute Gasteiger partial charge is 0.354 e. The second-order valence-corrected chi connectivity index (χ2v) is 6.56. The molecule has 126 valence electrons. The monoisotopic (exact) mass is 317 g/mol. The first kappa shape index (κ1) is 16.2. The number of rotatable bonds is 6. The Morgan fingerprint density at radius 2 is 2.09 bits per heavy atom. The molecule has 2 saturated heterocycles. The fraction of sp³-hybridized carbons (Fsp3) is 0.706. The molecular formula is C17H27N5O. The molecule has 0 spiro atoms. The molecule has 1 N–H and O–H groups in total. The van der Waals surface area contributed by atoms with Crippen molar-refractivity contribution in [3.8, 4) is 0 Å². The van der Waals surface area contributed by atoms with E-state index in [9.17, 15) is 4.79 Å². The number of piperidine rings is 1. The first-order chi connectivity index (χ1) is 11.3. The van der Waals surface area contributed by atoms with Crippen molar-refractivity contribution in [2.75, 3.05) is 31.5 Å². The summed E-state index contributed by atoms with van der Waals surface area (Å²) in [6.07, 6.45) is 8.94. The van der Waals surface area contributed by atoms with Gasteiger partial charge in [0.1, 0.15) is 0 Å². The number of hydrogen-bond acceptors (Lipinski definition) is 5. The molecule has 6 nitrogen and oxygen atoms in total.